The van der Waals surface area contributed by atoms with Gasteiger partial charge in [0.15, 0.2) is 0 Å². The lowest BCUT2D eigenvalue weighted by molar-refractivity contribution is -0.307. The molecule has 2 heteroatoms. The largest absolute Gasteiger partial charge is 0.550 e. The molecule has 0 spiro atoms. The predicted octanol–water partition coefficient (Wildman–Crippen LogP) is 2.51. The molecule has 1 aliphatic carbocycles. The van der Waals surface area contributed by atoms with Crippen LogP contribution in [-0.4, -0.2) is 5.97 Å². The molecule has 0 saturated heterocycles. The smallest absolute Gasteiger partial charge is 0.0417 e. The van der Waals surface area contributed by atoms with E-state index in [0.29, 0.717) is 5.92 Å². The number of rotatable bonds is 6. The zero-order valence-electron chi connectivity index (χ0n) is 9.84. The molecule has 0 amide bonds. The minimum absolute atomic E-state index is 0.282. The average molecular weight is 211 g/mol. The fourth-order valence-corrected chi connectivity index (χ4v) is 2.77. The van der Waals surface area contributed by atoms with E-state index in [0.717, 1.165) is 18.8 Å². The first-order valence-corrected chi connectivity index (χ1v) is 6.42. The van der Waals surface area contributed by atoms with Crippen LogP contribution in [0.2, 0.25) is 0 Å². The number of carbonyl (C=O) groups excluding carboxylic acids is 1. The number of hydrogen-bond donors (Lipinski definition) is 0. The van der Waals surface area contributed by atoms with Crippen LogP contribution in [0, 0.1) is 11.8 Å². The van der Waals surface area contributed by atoms with Crippen molar-refractivity contribution in [1.29, 1.82) is 0 Å². The molecule has 0 unspecified atom stereocenters. The summed E-state index contributed by atoms with van der Waals surface area (Å²) in [6.07, 6.45) is 10.2. The van der Waals surface area contributed by atoms with Gasteiger partial charge in [-0.15, -0.1) is 0 Å². The Morgan fingerprint density at radius 3 is 2.67 bits per heavy atom. The van der Waals surface area contributed by atoms with E-state index in [1.54, 1.807) is 0 Å². The summed E-state index contributed by atoms with van der Waals surface area (Å²) in [5.41, 5.74) is 0. The quantitative estimate of drug-likeness (QED) is 0.633. The van der Waals surface area contributed by atoms with Crippen LogP contribution in [0.25, 0.3) is 0 Å². The van der Waals surface area contributed by atoms with Crippen molar-refractivity contribution in [2.75, 3.05) is 0 Å². The van der Waals surface area contributed by atoms with Crippen molar-refractivity contribution in [2.45, 2.75) is 64.7 Å². The molecule has 0 radical (unpaired) electrons. The van der Waals surface area contributed by atoms with Crippen LogP contribution in [-0.2, 0) is 4.79 Å². The fourth-order valence-electron chi connectivity index (χ4n) is 2.77. The molecule has 0 aromatic rings. The molecule has 0 N–H and O–H groups in total. The summed E-state index contributed by atoms with van der Waals surface area (Å²) >= 11 is 0. The Bertz CT molecular complexity index is 189. The van der Waals surface area contributed by atoms with E-state index in [1.165, 1.54) is 38.5 Å². The number of carboxylic acids is 1. The Kier molecular flexibility index (Phi) is 5.74. The Morgan fingerprint density at radius 1 is 1.27 bits per heavy atom. The minimum atomic E-state index is -0.866. The van der Waals surface area contributed by atoms with Crippen LogP contribution < -0.4 is 5.11 Å². The SMILES string of the molecule is CCCCC[C@H]1CCC[C@@H](CC(=O)[O-])C1. The molecule has 88 valence electrons. The van der Waals surface area contributed by atoms with Crippen LogP contribution in [0.5, 0.6) is 0 Å². The van der Waals surface area contributed by atoms with Gasteiger partial charge in [-0.2, -0.15) is 0 Å². The van der Waals surface area contributed by atoms with Crippen molar-refractivity contribution < 1.29 is 9.90 Å². The van der Waals surface area contributed by atoms with Crippen LogP contribution in [0.15, 0.2) is 0 Å². The first-order valence-electron chi connectivity index (χ1n) is 6.42. The van der Waals surface area contributed by atoms with E-state index in [9.17, 15) is 9.90 Å². The lowest BCUT2D eigenvalue weighted by Gasteiger charge is -2.29. The number of carboxylic acid groups (broad SMARTS) is 1. The zero-order valence-corrected chi connectivity index (χ0v) is 9.84. The van der Waals surface area contributed by atoms with Crippen molar-refractivity contribution >= 4 is 5.97 Å². The second-order valence-corrected chi connectivity index (χ2v) is 4.97. The molecule has 0 aromatic carbocycles. The molecule has 15 heavy (non-hydrogen) atoms. The maximum atomic E-state index is 10.5. The van der Waals surface area contributed by atoms with Crippen LogP contribution in [0.1, 0.15) is 64.7 Å². The van der Waals surface area contributed by atoms with Crippen LogP contribution in [0.3, 0.4) is 0 Å². The summed E-state index contributed by atoms with van der Waals surface area (Å²) in [6, 6.07) is 0. The van der Waals surface area contributed by atoms with Gasteiger partial charge in [0.2, 0.25) is 0 Å². The normalized spacial score (nSPS) is 26.5. The number of unbranched alkanes of at least 4 members (excludes halogenated alkanes) is 2. The molecule has 0 aliphatic heterocycles. The van der Waals surface area contributed by atoms with Gasteiger partial charge in [0, 0.05) is 5.97 Å². The van der Waals surface area contributed by atoms with E-state index in [2.05, 4.69) is 6.92 Å². The Balaban J connectivity index is 2.19. The summed E-state index contributed by atoms with van der Waals surface area (Å²) in [7, 11) is 0. The van der Waals surface area contributed by atoms with Crippen LogP contribution >= 0.6 is 0 Å². The van der Waals surface area contributed by atoms with Crippen molar-refractivity contribution in [1.82, 2.24) is 0 Å². The second kappa shape index (κ2) is 6.86. The van der Waals surface area contributed by atoms with Gasteiger partial charge in [0.25, 0.3) is 0 Å². The van der Waals surface area contributed by atoms with Gasteiger partial charge in [-0.05, 0) is 24.7 Å². The highest BCUT2D eigenvalue weighted by Crippen LogP contribution is 2.33. The highest BCUT2D eigenvalue weighted by molar-refractivity contribution is 5.64. The molecule has 2 atom stereocenters. The van der Waals surface area contributed by atoms with Gasteiger partial charge >= 0.3 is 0 Å². The van der Waals surface area contributed by atoms with Gasteiger partial charge in [-0.25, -0.2) is 0 Å². The third kappa shape index (κ3) is 5.19. The fraction of sp³-hybridized carbons (Fsp3) is 0.923. The number of carbonyl (C=O) groups is 1. The van der Waals surface area contributed by atoms with Crippen molar-refractivity contribution in [3.8, 4) is 0 Å². The van der Waals surface area contributed by atoms with E-state index in [4.69, 9.17) is 0 Å². The molecule has 0 heterocycles. The van der Waals surface area contributed by atoms with Gasteiger partial charge in [-0.3, -0.25) is 0 Å². The third-order valence-corrected chi connectivity index (χ3v) is 3.56. The number of hydrogen-bond acceptors (Lipinski definition) is 2. The number of aliphatic carboxylic acids is 1. The van der Waals surface area contributed by atoms with Gasteiger partial charge in [0.1, 0.15) is 0 Å². The molecule has 2 nitrogen and oxygen atoms in total. The maximum Gasteiger partial charge on any atom is 0.0417 e. The molecular formula is C13H23O2-. The Labute approximate surface area is 93.1 Å². The first-order chi connectivity index (χ1) is 7.22. The molecular weight excluding hydrogens is 188 g/mol. The summed E-state index contributed by atoms with van der Waals surface area (Å²) in [6.45, 7) is 2.22. The van der Waals surface area contributed by atoms with E-state index in [1.807, 2.05) is 0 Å². The predicted molar refractivity (Wildman–Crippen MR) is 59.2 cm³/mol. The second-order valence-electron chi connectivity index (χ2n) is 4.97. The molecule has 0 aromatic heterocycles. The third-order valence-electron chi connectivity index (χ3n) is 3.56. The Morgan fingerprint density at radius 2 is 2.00 bits per heavy atom. The molecule has 1 saturated carbocycles. The zero-order chi connectivity index (χ0) is 11.1. The summed E-state index contributed by atoms with van der Waals surface area (Å²) < 4.78 is 0. The van der Waals surface area contributed by atoms with Gasteiger partial charge in [0.05, 0.1) is 0 Å². The van der Waals surface area contributed by atoms with E-state index >= 15 is 0 Å². The summed E-state index contributed by atoms with van der Waals surface area (Å²) in [4.78, 5) is 10.5. The summed E-state index contributed by atoms with van der Waals surface area (Å²) in [5, 5.41) is 10.5. The molecule has 1 fully saturated rings. The highest BCUT2D eigenvalue weighted by Gasteiger charge is 2.21. The average Bonchev–Trinajstić information content (AvgIpc) is 2.18. The monoisotopic (exact) mass is 211 g/mol. The van der Waals surface area contributed by atoms with Crippen molar-refractivity contribution in [2.24, 2.45) is 11.8 Å². The molecule has 1 rings (SSSR count). The van der Waals surface area contributed by atoms with Crippen LogP contribution in [0.4, 0.5) is 0 Å². The molecule has 1 aliphatic rings. The summed E-state index contributed by atoms with van der Waals surface area (Å²) in [5.74, 6) is 0.319. The lowest BCUT2D eigenvalue weighted by atomic mass is 9.78. The van der Waals surface area contributed by atoms with Gasteiger partial charge in [-0.1, -0.05) is 51.9 Å². The topological polar surface area (TPSA) is 40.1 Å². The highest BCUT2D eigenvalue weighted by atomic mass is 16.4. The van der Waals surface area contributed by atoms with E-state index in [-0.39, 0.29) is 6.42 Å². The van der Waals surface area contributed by atoms with Crippen molar-refractivity contribution in [3.05, 3.63) is 0 Å². The van der Waals surface area contributed by atoms with Crippen molar-refractivity contribution in [3.63, 3.8) is 0 Å². The first kappa shape index (κ1) is 12.5. The van der Waals surface area contributed by atoms with Gasteiger partial charge < -0.3 is 9.90 Å². The molecule has 0 bridgehead atoms. The minimum Gasteiger partial charge on any atom is -0.550 e. The Hall–Kier alpha value is -0.530. The standard InChI is InChI=1S/C13H24O2/c1-2-3-4-6-11-7-5-8-12(9-11)10-13(14)15/h11-12H,2-10H2,1H3,(H,14,15)/p-1/t11-,12+/m0/s1. The van der Waals surface area contributed by atoms with E-state index < -0.39 is 5.97 Å². The lowest BCUT2D eigenvalue weighted by Crippen LogP contribution is -2.27. The maximum absolute atomic E-state index is 10.5.